The summed E-state index contributed by atoms with van der Waals surface area (Å²) < 4.78 is 18.9. The Morgan fingerprint density at radius 2 is 0.974 bits per heavy atom. The van der Waals surface area contributed by atoms with E-state index in [1.807, 2.05) is 135 Å². The number of rotatable bonds is 9. The first kappa shape index (κ1) is 28.2. The van der Waals surface area contributed by atoms with E-state index in [2.05, 4.69) is 0 Å². The topological polar surface area (TPSA) is 44.8 Å². The SMILES string of the molecule is Cc1cccc(C)c1C(=O)Pc1c(Oc2ccccc2)cc(Oc2ccccc2)cc1Oc1ccccc1.[H-].[Li+]. The molecule has 0 spiro atoms. The third-order valence-electron chi connectivity index (χ3n) is 5.91. The number of ether oxygens (including phenoxy) is 3. The van der Waals surface area contributed by atoms with Crippen LogP contribution in [0.3, 0.4) is 0 Å². The zero-order valence-corrected chi connectivity index (χ0v) is 23.2. The monoisotopic (exact) mass is 526 g/mol. The summed E-state index contributed by atoms with van der Waals surface area (Å²) in [6, 6.07) is 38.1. The summed E-state index contributed by atoms with van der Waals surface area (Å²) in [5.41, 5.74) is 2.64. The molecule has 0 saturated heterocycles. The summed E-state index contributed by atoms with van der Waals surface area (Å²) in [7, 11) is -0.231. The standard InChI is InChI=1S/C33H27O4P.Li.H/c1-23-13-12-14-24(2)31(23)33(34)38-32-29(36-26-17-8-4-9-18-26)21-28(35-25-15-6-3-7-16-25)22-30(32)37-27-19-10-5-11-20-27;;/h3-22,38H,1-2H3;;/q;+1;-1. The maximum absolute atomic E-state index is 13.7. The fraction of sp³-hybridized carbons (Fsp3) is 0.0606. The molecule has 0 bridgehead atoms. The van der Waals surface area contributed by atoms with E-state index in [0.29, 0.717) is 39.8 Å². The van der Waals surface area contributed by atoms with Gasteiger partial charge in [0.2, 0.25) is 0 Å². The maximum atomic E-state index is 13.7. The first-order chi connectivity index (χ1) is 18.6. The average Bonchev–Trinajstić information content (AvgIpc) is 2.92. The van der Waals surface area contributed by atoms with Crippen LogP contribution in [0.25, 0.3) is 0 Å². The Kier molecular flexibility index (Phi) is 9.63. The summed E-state index contributed by atoms with van der Waals surface area (Å²) in [5, 5.41) is 0.672. The van der Waals surface area contributed by atoms with E-state index in [1.54, 1.807) is 0 Å². The molecule has 4 nitrogen and oxygen atoms in total. The second-order valence-electron chi connectivity index (χ2n) is 8.76. The van der Waals surface area contributed by atoms with Crippen LogP contribution in [-0.2, 0) is 0 Å². The van der Waals surface area contributed by atoms with Crippen molar-refractivity contribution in [3.63, 3.8) is 0 Å². The van der Waals surface area contributed by atoms with Crippen LogP contribution in [0, 0.1) is 13.8 Å². The van der Waals surface area contributed by atoms with Gasteiger partial charge in [0.05, 0.1) is 5.30 Å². The molecule has 1 atom stereocenters. The summed E-state index contributed by atoms with van der Waals surface area (Å²) >= 11 is 0. The summed E-state index contributed by atoms with van der Waals surface area (Å²) in [6.07, 6.45) is 0. The molecule has 190 valence electrons. The third kappa shape index (κ3) is 7.19. The van der Waals surface area contributed by atoms with E-state index >= 15 is 0 Å². The minimum atomic E-state index is -0.231. The molecule has 6 heteroatoms. The van der Waals surface area contributed by atoms with Crippen molar-refractivity contribution in [2.45, 2.75) is 13.8 Å². The second kappa shape index (κ2) is 13.3. The Labute approximate surface area is 244 Å². The molecule has 0 aliphatic carbocycles. The number of para-hydroxylation sites is 3. The predicted octanol–water partition coefficient (Wildman–Crippen LogP) is 5.94. The van der Waals surface area contributed by atoms with Gasteiger partial charge in [-0.1, -0.05) is 72.8 Å². The van der Waals surface area contributed by atoms with E-state index < -0.39 is 0 Å². The zero-order chi connectivity index (χ0) is 26.3. The average molecular weight is 526 g/mol. The van der Waals surface area contributed by atoms with Crippen LogP contribution in [0.15, 0.2) is 121 Å². The van der Waals surface area contributed by atoms with Crippen LogP contribution in [-0.4, -0.2) is 5.52 Å². The minimum Gasteiger partial charge on any atom is -1.00 e. The number of aryl methyl sites for hydroxylation is 2. The van der Waals surface area contributed by atoms with Crippen LogP contribution < -0.4 is 38.4 Å². The quantitative estimate of drug-likeness (QED) is 0.176. The molecular weight excluding hydrogens is 498 g/mol. The molecule has 0 aliphatic rings. The molecule has 1 unspecified atom stereocenters. The molecule has 39 heavy (non-hydrogen) atoms. The Bertz CT molecular complexity index is 1460. The van der Waals surface area contributed by atoms with E-state index in [1.165, 1.54) is 0 Å². The van der Waals surface area contributed by atoms with Gasteiger partial charge in [0.1, 0.15) is 34.5 Å². The van der Waals surface area contributed by atoms with Crippen molar-refractivity contribution in [2.24, 2.45) is 0 Å². The van der Waals surface area contributed by atoms with Gasteiger partial charge in [0.25, 0.3) is 0 Å². The molecule has 0 aromatic heterocycles. The van der Waals surface area contributed by atoms with Crippen molar-refractivity contribution in [1.29, 1.82) is 0 Å². The molecule has 0 radical (unpaired) electrons. The first-order valence-corrected chi connectivity index (χ1v) is 13.3. The van der Waals surface area contributed by atoms with Crippen LogP contribution >= 0.6 is 8.58 Å². The van der Waals surface area contributed by atoms with Crippen molar-refractivity contribution in [3.8, 4) is 34.5 Å². The molecule has 0 amide bonds. The number of hydrogen-bond donors (Lipinski definition) is 0. The van der Waals surface area contributed by atoms with E-state index in [0.717, 1.165) is 16.7 Å². The Balaban J connectivity index is 0.00000220. The zero-order valence-electron chi connectivity index (χ0n) is 23.2. The van der Waals surface area contributed by atoms with Gasteiger partial charge in [0, 0.05) is 17.7 Å². The number of benzene rings is 5. The number of carbonyl (C=O) groups excluding carboxylic acids is 1. The maximum Gasteiger partial charge on any atom is 1.00 e. The molecule has 0 fully saturated rings. The summed E-state index contributed by atoms with van der Waals surface area (Å²) in [6.45, 7) is 3.93. The molecule has 5 aromatic rings. The predicted molar refractivity (Wildman–Crippen MR) is 155 cm³/mol. The van der Waals surface area contributed by atoms with Crippen LogP contribution in [0.2, 0.25) is 0 Å². The van der Waals surface area contributed by atoms with Gasteiger partial charge >= 0.3 is 18.9 Å². The molecule has 0 heterocycles. The van der Waals surface area contributed by atoms with Gasteiger partial charge < -0.3 is 15.6 Å². The molecule has 5 rings (SSSR count). The summed E-state index contributed by atoms with van der Waals surface area (Å²) in [5.74, 6) is 3.55. The number of hydrogen-bond acceptors (Lipinski definition) is 4. The van der Waals surface area contributed by atoms with Gasteiger partial charge in [0.15, 0.2) is 5.52 Å². The number of carbonyl (C=O) groups is 1. The van der Waals surface area contributed by atoms with Crippen molar-refractivity contribution in [3.05, 3.63) is 138 Å². The van der Waals surface area contributed by atoms with Crippen LogP contribution in [0.5, 0.6) is 34.5 Å². The van der Waals surface area contributed by atoms with E-state index in [9.17, 15) is 4.79 Å². The van der Waals surface area contributed by atoms with Crippen molar-refractivity contribution in [1.82, 2.24) is 0 Å². The second-order valence-corrected chi connectivity index (χ2v) is 9.96. The molecule has 0 aliphatic heterocycles. The van der Waals surface area contributed by atoms with Crippen molar-refractivity contribution in [2.75, 3.05) is 0 Å². The van der Waals surface area contributed by atoms with Gasteiger partial charge in [-0.3, -0.25) is 4.79 Å². The van der Waals surface area contributed by atoms with E-state index in [4.69, 9.17) is 14.2 Å². The minimum absolute atomic E-state index is 0. The smallest absolute Gasteiger partial charge is 1.00 e. The normalized spacial score (nSPS) is 10.6. The molecule has 0 saturated carbocycles. The van der Waals surface area contributed by atoms with Crippen LogP contribution in [0.1, 0.15) is 22.9 Å². The van der Waals surface area contributed by atoms with Crippen molar-refractivity contribution >= 4 is 19.4 Å². The molecule has 5 aromatic carbocycles. The fourth-order valence-corrected chi connectivity index (χ4v) is 5.35. The Hall–Kier alpha value is -3.80. The third-order valence-corrected chi connectivity index (χ3v) is 7.13. The van der Waals surface area contributed by atoms with Gasteiger partial charge in [-0.2, -0.15) is 0 Å². The molecular formula is C33H28LiO4P. The molecule has 0 N–H and O–H groups in total. The van der Waals surface area contributed by atoms with Crippen LogP contribution in [0.4, 0.5) is 0 Å². The Morgan fingerprint density at radius 3 is 1.41 bits per heavy atom. The van der Waals surface area contributed by atoms with E-state index in [-0.39, 0.29) is 34.4 Å². The van der Waals surface area contributed by atoms with Gasteiger partial charge in [-0.05, 0) is 70.0 Å². The van der Waals surface area contributed by atoms with Gasteiger partial charge in [-0.25, -0.2) is 0 Å². The first-order valence-electron chi connectivity index (χ1n) is 12.3. The largest absolute Gasteiger partial charge is 1.00 e. The van der Waals surface area contributed by atoms with Crippen molar-refractivity contribution < 1.29 is 39.3 Å². The Morgan fingerprint density at radius 1 is 0.564 bits per heavy atom. The fourth-order valence-electron chi connectivity index (χ4n) is 4.11. The van der Waals surface area contributed by atoms with Gasteiger partial charge in [-0.15, -0.1) is 0 Å². The summed E-state index contributed by atoms with van der Waals surface area (Å²) in [4.78, 5) is 13.7.